The molecule has 1 unspecified atom stereocenters. The Kier molecular flexibility index (Phi) is 16.9. The van der Waals surface area contributed by atoms with Crippen molar-refractivity contribution >= 4 is 17.7 Å². The first-order valence-electron chi connectivity index (χ1n) is 17.9. The van der Waals surface area contributed by atoms with Crippen LogP contribution in [0.5, 0.6) is 0 Å². The highest BCUT2D eigenvalue weighted by Crippen LogP contribution is 2.29. The van der Waals surface area contributed by atoms with E-state index in [4.69, 9.17) is 11.2 Å². The molecule has 10 heteroatoms. The first-order chi connectivity index (χ1) is 23.0. The van der Waals surface area contributed by atoms with Crippen molar-refractivity contribution < 1.29 is 29.3 Å². The van der Waals surface area contributed by atoms with Crippen LogP contribution < -0.4 is 10.6 Å². The number of carbonyl (C=O) groups excluding carboxylic acids is 3. The highest BCUT2D eigenvalue weighted by Gasteiger charge is 2.34. The van der Waals surface area contributed by atoms with Crippen molar-refractivity contribution in [3.8, 4) is 12.3 Å². The molecule has 4 N–H and O–H groups in total. The number of benzene rings is 1. The molecule has 2 fully saturated rings. The van der Waals surface area contributed by atoms with Gasteiger partial charge in [-0.15, -0.1) is 12.3 Å². The minimum atomic E-state index is -1.15. The van der Waals surface area contributed by atoms with Crippen molar-refractivity contribution in [3.05, 3.63) is 35.9 Å². The predicted molar refractivity (Wildman–Crippen MR) is 187 cm³/mol. The summed E-state index contributed by atoms with van der Waals surface area (Å²) >= 11 is 0. The maximum absolute atomic E-state index is 13.9. The van der Waals surface area contributed by atoms with E-state index >= 15 is 0 Å². The summed E-state index contributed by atoms with van der Waals surface area (Å²) in [6.07, 6.45) is 11.8. The molecule has 0 radical (unpaired) electrons. The van der Waals surface area contributed by atoms with Crippen molar-refractivity contribution in [2.45, 2.75) is 121 Å². The monoisotopic (exact) mass is 668 g/mol. The van der Waals surface area contributed by atoms with Crippen LogP contribution in [0.25, 0.3) is 0 Å². The van der Waals surface area contributed by atoms with Crippen LogP contribution in [0.1, 0.15) is 90.0 Å². The largest absolute Gasteiger partial charge is 0.390 e. The molecule has 1 heterocycles. The van der Waals surface area contributed by atoms with E-state index in [9.17, 15) is 24.6 Å². The Labute approximate surface area is 288 Å². The predicted octanol–water partition coefficient (Wildman–Crippen LogP) is 3.49. The number of ether oxygens (including phenoxy) is 1. The molecule has 1 saturated heterocycles. The summed E-state index contributed by atoms with van der Waals surface area (Å²) in [6, 6.07) is 7.76. The number of nitrogens with zero attached hydrogens (tertiary/aromatic N) is 2. The van der Waals surface area contributed by atoms with E-state index < -0.39 is 42.0 Å². The van der Waals surface area contributed by atoms with Gasteiger partial charge in [-0.25, -0.2) is 0 Å². The quantitative estimate of drug-likeness (QED) is 0.176. The Hall–Kier alpha value is -2.97. The van der Waals surface area contributed by atoms with Gasteiger partial charge in [-0.05, 0) is 56.6 Å². The van der Waals surface area contributed by atoms with E-state index in [-0.39, 0.29) is 30.8 Å². The van der Waals surface area contributed by atoms with Crippen LogP contribution in [0, 0.1) is 30.1 Å². The van der Waals surface area contributed by atoms with Crippen LogP contribution in [-0.4, -0.2) is 102 Å². The number of terminal acetylenes is 1. The minimum absolute atomic E-state index is 0.0275. The molecule has 1 aliphatic heterocycles. The third kappa shape index (κ3) is 13.5. The molecule has 268 valence electrons. The van der Waals surface area contributed by atoms with Gasteiger partial charge in [-0.3, -0.25) is 19.3 Å². The zero-order chi connectivity index (χ0) is 35.1. The van der Waals surface area contributed by atoms with Gasteiger partial charge in [0.2, 0.25) is 17.7 Å². The average molecular weight is 669 g/mol. The number of carbonyl (C=O) groups is 3. The van der Waals surface area contributed by atoms with Gasteiger partial charge >= 0.3 is 0 Å². The van der Waals surface area contributed by atoms with Gasteiger partial charge < -0.3 is 30.5 Å². The van der Waals surface area contributed by atoms with Gasteiger partial charge in [0.15, 0.2) is 0 Å². The lowest BCUT2D eigenvalue weighted by Gasteiger charge is -2.33. The van der Waals surface area contributed by atoms with Gasteiger partial charge in [0.25, 0.3) is 0 Å². The molecular formula is C38H60N4O6. The second-order valence-corrected chi connectivity index (χ2v) is 14.5. The number of hydrogen-bond acceptors (Lipinski definition) is 7. The van der Waals surface area contributed by atoms with Crippen LogP contribution >= 0.6 is 0 Å². The molecule has 0 bridgehead atoms. The number of amides is 3. The Morgan fingerprint density at radius 2 is 1.77 bits per heavy atom. The highest BCUT2D eigenvalue weighted by atomic mass is 16.5. The fourth-order valence-electron chi connectivity index (χ4n) is 6.81. The van der Waals surface area contributed by atoms with E-state index in [1.54, 1.807) is 11.9 Å². The molecule has 10 nitrogen and oxygen atoms in total. The second-order valence-electron chi connectivity index (χ2n) is 14.5. The number of rotatable bonds is 18. The number of aliphatic hydroxyl groups excluding tert-OH is 2. The minimum Gasteiger partial charge on any atom is -0.390 e. The second kappa shape index (κ2) is 20.5. The van der Waals surface area contributed by atoms with Crippen LogP contribution in [0.2, 0.25) is 0 Å². The van der Waals surface area contributed by atoms with E-state index in [2.05, 4.69) is 21.5 Å². The molecule has 3 amide bonds. The first kappa shape index (κ1) is 39.5. The third-order valence-corrected chi connectivity index (χ3v) is 9.81. The lowest BCUT2D eigenvalue weighted by atomic mass is 9.82. The lowest BCUT2D eigenvalue weighted by molar-refractivity contribution is -0.137. The molecule has 1 aromatic carbocycles. The van der Waals surface area contributed by atoms with E-state index in [1.165, 1.54) is 6.42 Å². The van der Waals surface area contributed by atoms with Gasteiger partial charge in [0.1, 0.15) is 12.1 Å². The molecule has 1 aromatic rings. The Morgan fingerprint density at radius 3 is 2.40 bits per heavy atom. The third-order valence-electron chi connectivity index (χ3n) is 9.81. The topological polar surface area (TPSA) is 131 Å². The van der Waals surface area contributed by atoms with Gasteiger partial charge in [0, 0.05) is 33.0 Å². The molecular weight excluding hydrogens is 608 g/mol. The Balaban J connectivity index is 1.70. The Morgan fingerprint density at radius 1 is 1.06 bits per heavy atom. The Bertz CT molecular complexity index is 1160. The van der Waals surface area contributed by atoms with Gasteiger partial charge in [-0.2, -0.15) is 0 Å². The first-order valence-corrected chi connectivity index (χ1v) is 17.9. The summed E-state index contributed by atoms with van der Waals surface area (Å²) in [7, 11) is 3.76. The fraction of sp³-hybridized carbons (Fsp3) is 0.711. The zero-order valence-corrected chi connectivity index (χ0v) is 29.6. The van der Waals surface area contributed by atoms with E-state index in [0.717, 1.165) is 50.6 Å². The average Bonchev–Trinajstić information content (AvgIpc) is 3.07. The van der Waals surface area contributed by atoms with Crippen LogP contribution in [0.15, 0.2) is 30.3 Å². The summed E-state index contributed by atoms with van der Waals surface area (Å²) in [5.41, 5.74) is 0.903. The van der Waals surface area contributed by atoms with Crippen molar-refractivity contribution in [2.24, 2.45) is 17.8 Å². The standard InChI is InChI=1S/C38H60N4O6/c1-6-13-32(38(47)40-33(24-29-16-11-8-12-17-29)36(45)34(43)22-27(2)3)39-37(46)30(23-28-14-9-7-10-15-28)25-35(44)42(5)21-19-31-18-20-41(4)26-48-31/h1,7,9-10,14-15,27,29-34,36,43,45H,8,11-13,16-26H2,2-5H3,(H,39,46)(H,40,47)/t30-,31?,32+,33+,34+,36-/m1/s1. The van der Waals surface area contributed by atoms with Crippen molar-refractivity contribution in [3.63, 3.8) is 0 Å². The zero-order valence-electron chi connectivity index (χ0n) is 29.6. The van der Waals surface area contributed by atoms with E-state index in [0.29, 0.717) is 38.5 Å². The van der Waals surface area contributed by atoms with Gasteiger partial charge in [-0.1, -0.05) is 76.3 Å². The van der Waals surface area contributed by atoms with Crippen LogP contribution in [0.3, 0.4) is 0 Å². The van der Waals surface area contributed by atoms with E-state index in [1.807, 2.05) is 51.2 Å². The molecule has 1 aliphatic carbocycles. The fourth-order valence-corrected chi connectivity index (χ4v) is 6.81. The van der Waals surface area contributed by atoms with Crippen molar-refractivity contribution in [2.75, 3.05) is 33.9 Å². The smallest absolute Gasteiger partial charge is 0.243 e. The lowest BCUT2D eigenvalue weighted by Crippen LogP contribution is -2.56. The van der Waals surface area contributed by atoms with Crippen LogP contribution in [0.4, 0.5) is 0 Å². The molecule has 48 heavy (non-hydrogen) atoms. The normalized spacial score (nSPS) is 20.6. The number of nitrogens with one attached hydrogen (secondary N) is 2. The number of aliphatic hydroxyl groups is 2. The van der Waals surface area contributed by atoms with Crippen LogP contribution in [-0.2, 0) is 25.5 Å². The molecule has 2 aliphatic rings. The molecule has 0 spiro atoms. The van der Waals surface area contributed by atoms with Crippen molar-refractivity contribution in [1.82, 2.24) is 20.4 Å². The molecule has 0 aromatic heterocycles. The summed E-state index contributed by atoms with van der Waals surface area (Å²) in [5, 5.41) is 27.8. The number of hydrogen-bond donors (Lipinski definition) is 4. The summed E-state index contributed by atoms with van der Waals surface area (Å²) < 4.78 is 5.86. The maximum atomic E-state index is 13.9. The maximum Gasteiger partial charge on any atom is 0.243 e. The SMILES string of the molecule is C#CC[C@H](NC(=O)[C@@H](CC(=O)N(C)CCC1CCN(C)CO1)Cc1ccccc1)C(=O)N[C@@H](CC1CCCCC1)[C@@H](O)[C@@H](O)CC(C)C. The molecule has 3 rings (SSSR count). The molecule has 1 saturated carbocycles. The summed E-state index contributed by atoms with van der Waals surface area (Å²) in [6.45, 7) is 5.99. The summed E-state index contributed by atoms with van der Waals surface area (Å²) in [4.78, 5) is 44.8. The van der Waals surface area contributed by atoms with Gasteiger partial charge in [0.05, 0.1) is 30.9 Å². The van der Waals surface area contributed by atoms with Crippen molar-refractivity contribution in [1.29, 1.82) is 0 Å². The molecule has 6 atom stereocenters. The highest BCUT2D eigenvalue weighted by molar-refractivity contribution is 5.91. The summed E-state index contributed by atoms with van der Waals surface area (Å²) in [5.74, 6) is 1.18.